The Hall–Kier alpha value is -2.30. The molecule has 1 fully saturated rings. The Morgan fingerprint density at radius 3 is 2.64 bits per heavy atom. The largest absolute Gasteiger partial charge is 0.368 e. The molecule has 5 heteroatoms. The van der Waals surface area contributed by atoms with Crippen LogP contribution in [-0.2, 0) is 9.59 Å². The Labute approximate surface area is 150 Å². The minimum absolute atomic E-state index is 0.138. The molecular weight excluding hydrogens is 314 g/mol. The van der Waals surface area contributed by atoms with Crippen LogP contribution in [0.25, 0.3) is 0 Å². The lowest BCUT2D eigenvalue weighted by Gasteiger charge is -2.41. The van der Waals surface area contributed by atoms with E-state index in [1.807, 2.05) is 11.0 Å². The van der Waals surface area contributed by atoms with Gasteiger partial charge in [-0.2, -0.15) is 0 Å². The van der Waals surface area contributed by atoms with E-state index in [2.05, 4.69) is 48.0 Å². The third-order valence-corrected chi connectivity index (χ3v) is 4.62. The number of amides is 2. The number of hydrogen-bond donors (Lipinski definition) is 1. The third kappa shape index (κ3) is 5.93. The number of carbonyl (C=O) groups is 2. The number of unbranched alkanes of at least 4 members (excludes halogenated alkanes) is 2. The third-order valence-electron chi connectivity index (χ3n) is 4.62. The molecule has 1 N–H and O–H groups in total. The van der Waals surface area contributed by atoms with Crippen LogP contribution in [0.15, 0.2) is 43.0 Å². The van der Waals surface area contributed by atoms with Crippen LogP contribution >= 0.6 is 0 Å². The van der Waals surface area contributed by atoms with E-state index in [0.717, 1.165) is 38.9 Å². The zero-order valence-electron chi connectivity index (χ0n) is 15.1. The molecule has 5 nitrogen and oxygen atoms in total. The summed E-state index contributed by atoms with van der Waals surface area (Å²) in [5.74, 6) is 0.108. The van der Waals surface area contributed by atoms with Crippen molar-refractivity contribution >= 4 is 17.5 Å². The van der Waals surface area contributed by atoms with E-state index in [-0.39, 0.29) is 17.9 Å². The lowest BCUT2D eigenvalue weighted by atomic mass is 10.1. The Kier molecular flexibility index (Phi) is 7.51. The summed E-state index contributed by atoms with van der Waals surface area (Å²) in [6, 6.07) is 10.6. The van der Waals surface area contributed by atoms with Crippen LogP contribution in [0, 0.1) is 0 Å². The van der Waals surface area contributed by atoms with Crippen molar-refractivity contribution < 1.29 is 9.59 Å². The summed E-state index contributed by atoms with van der Waals surface area (Å²) in [7, 11) is 0. The zero-order chi connectivity index (χ0) is 18.1. The zero-order valence-corrected chi connectivity index (χ0v) is 15.1. The first-order valence-electron chi connectivity index (χ1n) is 9.11. The highest BCUT2D eigenvalue weighted by atomic mass is 16.2. The summed E-state index contributed by atoms with van der Waals surface area (Å²) in [6.07, 6.45) is 4.57. The molecule has 2 amide bonds. The molecule has 2 rings (SSSR count). The summed E-state index contributed by atoms with van der Waals surface area (Å²) in [6.45, 7) is 8.73. The Balaban J connectivity index is 1.67. The lowest BCUT2D eigenvalue weighted by molar-refractivity contribution is -0.133. The highest BCUT2D eigenvalue weighted by molar-refractivity contribution is 5.86. The average molecular weight is 343 g/mol. The lowest BCUT2D eigenvalue weighted by Crippen LogP contribution is -2.54. The summed E-state index contributed by atoms with van der Waals surface area (Å²) in [5, 5.41) is 2.75. The molecule has 1 atom stereocenters. The van der Waals surface area contributed by atoms with Crippen LogP contribution in [0.3, 0.4) is 0 Å². The van der Waals surface area contributed by atoms with E-state index >= 15 is 0 Å². The SMILES string of the molecule is C=CC(=O)NCCCCCC(=O)N1CCN(c2ccccc2)CC1C. The molecule has 1 unspecified atom stereocenters. The van der Waals surface area contributed by atoms with Gasteiger partial charge in [0.05, 0.1) is 0 Å². The Morgan fingerprint density at radius 2 is 1.96 bits per heavy atom. The van der Waals surface area contributed by atoms with Gasteiger partial charge in [0.1, 0.15) is 0 Å². The van der Waals surface area contributed by atoms with Gasteiger partial charge in [-0.15, -0.1) is 0 Å². The molecular formula is C20H29N3O2. The van der Waals surface area contributed by atoms with Gasteiger partial charge in [0.15, 0.2) is 0 Å². The number of rotatable bonds is 8. The fourth-order valence-corrected chi connectivity index (χ4v) is 3.21. The second kappa shape index (κ2) is 9.87. The van der Waals surface area contributed by atoms with Crippen molar-refractivity contribution in [3.63, 3.8) is 0 Å². The van der Waals surface area contributed by atoms with Crippen LogP contribution in [0.2, 0.25) is 0 Å². The molecule has 1 saturated heterocycles. The van der Waals surface area contributed by atoms with E-state index in [4.69, 9.17) is 0 Å². The van der Waals surface area contributed by atoms with E-state index in [1.165, 1.54) is 11.8 Å². The monoisotopic (exact) mass is 343 g/mol. The molecule has 0 aromatic heterocycles. The summed E-state index contributed by atoms with van der Waals surface area (Å²) in [4.78, 5) is 27.9. The molecule has 1 aliphatic rings. The standard InChI is InChI=1S/C20H29N3O2/c1-3-19(24)21-13-9-5-8-12-20(25)23-15-14-22(16-17(23)2)18-10-6-4-7-11-18/h3-4,6-7,10-11,17H,1,5,8-9,12-16H2,2H3,(H,21,24). The van der Waals surface area contributed by atoms with Crippen molar-refractivity contribution in [2.75, 3.05) is 31.1 Å². The number of nitrogens with zero attached hydrogens (tertiary/aromatic N) is 2. The van der Waals surface area contributed by atoms with Gasteiger partial charge in [-0.25, -0.2) is 0 Å². The van der Waals surface area contributed by atoms with Gasteiger partial charge in [-0.1, -0.05) is 31.2 Å². The fourth-order valence-electron chi connectivity index (χ4n) is 3.21. The smallest absolute Gasteiger partial charge is 0.243 e. The number of benzene rings is 1. The van der Waals surface area contributed by atoms with E-state index in [1.54, 1.807) is 0 Å². The highest BCUT2D eigenvalue weighted by Crippen LogP contribution is 2.19. The maximum absolute atomic E-state index is 12.5. The van der Waals surface area contributed by atoms with Gasteiger partial charge in [-0.05, 0) is 38.0 Å². The van der Waals surface area contributed by atoms with Gasteiger partial charge in [0.2, 0.25) is 11.8 Å². The molecule has 136 valence electrons. The van der Waals surface area contributed by atoms with Crippen molar-refractivity contribution in [3.8, 4) is 0 Å². The number of anilines is 1. The average Bonchev–Trinajstić information content (AvgIpc) is 2.64. The second-order valence-corrected chi connectivity index (χ2v) is 6.52. The van der Waals surface area contributed by atoms with Crippen molar-refractivity contribution in [2.24, 2.45) is 0 Å². The molecule has 0 bridgehead atoms. The number of nitrogens with one attached hydrogen (secondary N) is 1. The molecule has 1 heterocycles. The molecule has 25 heavy (non-hydrogen) atoms. The molecule has 1 aromatic rings. The predicted octanol–water partition coefficient (Wildman–Crippen LogP) is 2.59. The molecule has 1 aliphatic heterocycles. The van der Waals surface area contributed by atoms with Gasteiger partial charge in [0.25, 0.3) is 0 Å². The van der Waals surface area contributed by atoms with Crippen molar-refractivity contribution in [2.45, 2.75) is 38.6 Å². The van der Waals surface area contributed by atoms with Crippen molar-refractivity contribution in [3.05, 3.63) is 43.0 Å². The van der Waals surface area contributed by atoms with Gasteiger partial charge < -0.3 is 15.1 Å². The Morgan fingerprint density at radius 1 is 1.20 bits per heavy atom. The maximum Gasteiger partial charge on any atom is 0.243 e. The molecule has 0 radical (unpaired) electrons. The Bertz CT molecular complexity index is 574. The second-order valence-electron chi connectivity index (χ2n) is 6.52. The fraction of sp³-hybridized carbons (Fsp3) is 0.500. The van der Waals surface area contributed by atoms with Crippen LogP contribution in [-0.4, -0.2) is 48.9 Å². The van der Waals surface area contributed by atoms with E-state index in [0.29, 0.717) is 13.0 Å². The van der Waals surface area contributed by atoms with Gasteiger partial charge >= 0.3 is 0 Å². The number of carbonyl (C=O) groups excluding carboxylic acids is 2. The van der Waals surface area contributed by atoms with Crippen molar-refractivity contribution in [1.82, 2.24) is 10.2 Å². The molecule has 0 saturated carbocycles. The van der Waals surface area contributed by atoms with E-state index < -0.39 is 0 Å². The minimum atomic E-state index is -0.138. The van der Waals surface area contributed by atoms with Crippen molar-refractivity contribution in [1.29, 1.82) is 0 Å². The number of hydrogen-bond acceptors (Lipinski definition) is 3. The van der Waals surface area contributed by atoms with Crippen LogP contribution in [0.5, 0.6) is 0 Å². The van der Waals surface area contributed by atoms with Gasteiger partial charge in [-0.3, -0.25) is 9.59 Å². The quantitative estimate of drug-likeness (QED) is 0.583. The molecule has 0 spiro atoms. The first-order chi connectivity index (χ1) is 12.1. The highest BCUT2D eigenvalue weighted by Gasteiger charge is 2.26. The van der Waals surface area contributed by atoms with Gasteiger partial charge in [0, 0.05) is 44.3 Å². The minimum Gasteiger partial charge on any atom is -0.368 e. The first-order valence-corrected chi connectivity index (χ1v) is 9.11. The molecule has 0 aliphatic carbocycles. The van der Waals surface area contributed by atoms with Crippen LogP contribution in [0.4, 0.5) is 5.69 Å². The summed E-state index contributed by atoms with van der Waals surface area (Å²) in [5.41, 5.74) is 1.23. The number of para-hydroxylation sites is 1. The van der Waals surface area contributed by atoms with E-state index in [9.17, 15) is 9.59 Å². The topological polar surface area (TPSA) is 52.7 Å². The molecule has 1 aromatic carbocycles. The normalized spacial score (nSPS) is 17.2. The van der Waals surface area contributed by atoms with Crippen LogP contribution in [0.1, 0.15) is 32.6 Å². The summed E-state index contributed by atoms with van der Waals surface area (Å²) < 4.78 is 0. The number of piperazine rings is 1. The van der Waals surface area contributed by atoms with Crippen LogP contribution < -0.4 is 10.2 Å². The first kappa shape index (κ1) is 19.0. The maximum atomic E-state index is 12.5. The predicted molar refractivity (Wildman–Crippen MR) is 102 cm³/mol. The summed E-state index contributed by atoms with van der Waals surface area (Å²) >= 11 is 0.